The molecule has 0 atom stereocenters. The van der Waals surface area contributed by atoms with Crippen molar-refractivity contribution in [2.24, 2.45) is 4.99 Å². The summed E-state index contributed by atoms with van der Waals surface area (Å²) in [6, 6.07) is 10.3. The van der Waals surface area contributed by atoms with Crippen LogP contribution < -0.4 is 10.9 Å². The number of para-hydroxylation sites is 1. The Kier molecular flexibility index (Phi) is 5.00. The third kappa shape index (κ3) is 4.03. The second kappa shape index (κ2) is 7.64. The number of rotatable bonds is 3. The number of carbonyl (C=O) groups excluding carboxylic acids is 1. The normalized spacial score (nSPS) is 12.3. The minimum Gasteiger partial charge on any atom is -0.508 e. The van der Waals surface area contributed by atoms with Crippen LogP contribution in [-0.2, 0) is 6.18 Å². The van der Waals surface area contributed by atoms with Gasteiger partial charge in [0.15, 0.2) is 5.13 Å². The number of aromatic hydroxyl groups is 1. The number of hydrogen-bond donors (Lipinski definition) is 2. The van der Waals surface area contributed by atoms with Crippen LogP contribution >= 0.6 is 11.3 Å². The molecule has 2 N–H and O–H groups in total. The highest BCUT2D eigenvalue weighted by Gasteiger charge is 2.33. The van der Waals surface area contributed by atoms with Crippen LogP contribution in [0.5, 0.6) is 5.75 Å². The van der Waals surface area contributed by atoms with Gasteiger partial charge >= 0.3 is 6.18 Å². The van der Waals surface area contributed by atoms with Crippen LogP contribution in [0.25, 0.3) is 11.0 Å². The second-order valence-electron chi connectivity index (χ2n) is 6.11. The van der Waals surface area contributed by atoms with Crippen molar-refractivity contribution in [2.45, 2.75) is 6.18 Å². The van der Waals surface area contributed by atoms with Crippen molar-refractivity contribution in [3.8, 4) is 5.75 Å². The molecule has 4 rings (SSSR count). The smallest absolute Gasteiger partial charge is 0.418 e. The monoisotopic (exact) mass is 431 g/mol. The summed E-state index contributed by atoms with van der Waals surface area (Å²) in [6.07, 6.45) is -3.14. The molecule has 2 heterocycles. The van der Waals surface area contributed by atoms with Crippen LogP contribution in [0.2, 0.25) is 0 Å². The Morgan fingerprint density at radius 2 is 1.97 bits per heavy atom. The van der Waals surface area contributed by atoms with Crippen LogP contribution in [0, 0.1) is 0 Å². The van der Waals surface area contributed by atoms with E-state index in [-0.39, 0.29) is 22.5 Å². The molecule has 30 heavy (non-hydrogen) atoms. The molecule has 0 radical (unpaired) electrons. The Hall–Kier alpha value is -3.66. The van der Waals surface area contributed by atoms with Gasteiger partial charge in [0.05, 0.1) is 11.3 Å². The van der Waals surface area contributed by atoms with Crippen LogP contribution in [0.4, 0.5) is 24.0 Å². The molecule has 2 aromatic heterocycles. The molecule has 0 aliphatic carbocycles. The molecule has 152 valence electrons. The van der Waals surface area contributed by atoms with Gasteiger partial charge in [-0.2, -0.15) is 13.2 Å². The molecule has 0 unspecified atom stereocenters. The van der Waals surface area contributed by atoms with Crippen LogP contribution in [0.1, 0.15) is 15.9 Å². The number of fused-ring (bicyclic) bond motifs is 1. The third-order valence-corrected chi connectivity index (χ3v) is 4.75. The van der Waals surface area contributed by atoms with E-state index in [1.165, 1.54) is 60.0 Å². The van der Waals surface area contributed by atoms with E-state index < -0.39 is 23.3 Å². The van der Waals surface area contributed by atoms with E-state index in [4.69, 9.17) is 4.42 Å². The Morgan fingerprint density at radius 3 is 2.70 bits per heavy atom. The number of benzene rings is 2. The largest absolute Gasteiger partial charge is 0.508 e. The number of nitrogens with zero attached hydrogens (tertiary/aromatic N) is 2. The van der Waals surface area contributed by atoms with Gasteiger partial charge in [-0.15, -0.1) is 11.3 Å². The summed E-state index contributed by atoms with van der Waals surface area (Å²) >= 11 is 1.18. The molecule has 0 aliphatic rings. The molecule has 0 spiro atoms. The highest BCUT2D eigenvalue weighted by Crippen LogP contribution is 2.35. The second-order valence-corrected chi connectivity index (χ2v) is 7.00. The first-order chi connectivity index (χ1) is 14.3. The van der Waals surface area contributed by atoms with Crippen molar-refractivity contribution in [3.05, 3.63) is 76.8 Å². The first kappa shape index (κ1) is 19.6. The lowest BCUT2D eigenvalue weighted by atomic mass is 10.1. The molecule has 4 aromatic rings. The van der Waals surface area contributed by atoms with Crippen molar-refractivity contribution in [1.29, 1.82) is 0 Å². The fourth-order valence-electron chi connectivity index (χ4n) is 2.72. The molecule has 0 saturated heterocycles. The zero-order valence-corrected chi connectivity index (χ0v) is 15.8. The first-order valence-corrected chi connectivity index (χ1v) is 9.38. The number of alkyl halides is 3. The molecule has 0 saturated carbocycles. The summed E-state index contributed by atoms with van der Waals surface area (Å²) in [7, 11) is 0. The van der Waals surface area contributed by atoms with Gasteiger partial charge in [-0.3, -0.25) is 10.1 Å². The van der Waals surface area contributed by atoms with Gasteiger partial charge in [-0.1, -0.05) is 12.1 Å². The molecule has 1 amide bonds. The van der Waals surface area contributed by atoms with Crippen molar-refractivity contribution >= 4 is 39.0 Å². The van der Waals surface area contributed by atoms with Crippen molar-refractivity contribution in [2.75, 3.05) is 5.32 Å². The zero-order valence-electron chi connectivity index (χ0n) is 15.0. The number of phenolic OH excluding ortho intramolecular Hbond substituents is 1. The molecule has 2 aromatic carbocycles. The summed E-state index contributed by atoms with van der Waals surface area (Å²) in [5.41, 5.74) is -1.64. The number of phenols is 1. The Bertz CT molecular complexity index is 1300. The Labute approximate surface area is 171 Å². The lowest BCUT2D eigenvalue weighted by molar-refractivity contribution is -0.137. The van der Waals surface area contributed by atoms with E-state index in [2.05, 4.69) is 15.3 Å². The predicted molar refractivity (Wildman–Crippen MR) is 105 cm³/mol. The third-order valence-electron chi connectivity index (χ3n) is 4.06. The van der Waals surface area contributed by atoms with Crippen molar-refractivity contribution in [1.82, 2.24) is 4.98 Å². The van der Waals surface area contributed by atoms with E-state index >= 15 is 0 Å². The molecular formula is C20H12F3N3O3S. The summed E-state index contributed by atoms with van der Waals surface area (Å²) in [4.78, 5) is 20.7. The van der Waals surface area contributed by atoms with Gasteiger partial charge < -0.3 is 9.52 Å². The number of carbonyl (C=O) groups is 1. The number of halogens is 3. The van der Waals surface area contributed by atoms with Gasteiger partial charge in [0, 0.05) is 23.0 Å². The molecule has 0 aliphatic heterocycles. The van der Waals surface area contributed by atoms with Gasteiger partial charge in [0.25, 0.3) is 5.91 Å². The molecule has 0 fully saturated rings. The topological polar surface area (TPSA) is 87.7 Å². The van der Waals surface area contributed by atoms with E-state index in [1.54, 1.807) is 5.38 Å². The highest BCUT2D eigenvalue weighted by molar-refractivity contribution is 7.13. The van der Waals surface area contributed by atoms with Gasteiger partial charge in [0.2, 0.25) is 5.55 Å². The number of amides is 1. The quantitative estimate of drug-likeness (QED) is 0.473. The standard InChI is InChI=1S/C20H12F3N3O3S/c21-20(22,23)14-3-1-2-4-15(14)25-18-13(17(28)26-19-24-7-8-30-19)9-11-5-6-12(27)10-16(11)29-18/h1-10,27H,(H,24,26,28). The van der Waals surface area contributed by atoms with E-state index in [9.17, 15) is 23.1 Å². The Morgan fingerprint density at radius 1 is 1.17 bits per heavy atom. The molecule has 6 nitrogen and oxygen atoms in total. The summed E-state index contributed by atoms with van der Waals surface area (Å²) < 4.78 is 45.7. The summed E-state index contributed by atoms with van der Waals surface area (Å²) in [5, 5.41) is 14.7. The maximum atomic E-state index is 13.4. The maximum Gasteiger partial charge on any atom is 0.418 e. The van der Waals surface area contributed by atoms with Crippen LogP contribution in [0.3, 0.4) is 0 Å². The minimum absolute atomic E-state index is 0.0830. The van der Waals surface area contributed by atoms with Gasteiger partial charge in [-0.05, 0) is 30.3 Å². The number of nitrogens with one attached hydrogen (secondary N) is 1. The average molecular weight is 431 g/mol. The lowest BCUT2D eigenvalue weighted by Crippen LogP contribution is -2.21. The average Bonchev–Trinajstić information content (AvgIpc) is 3.20. The zero-order chi connectivity index (χ0) is 21.3. The fraction of sp³-hybridized carbons (Fsp3) is 0.0500. The highest BCUT2D eigenvalue weighted by atomic mass is 32.1. The molecule has 10 heteroatoms. The minimum atomic E-state index is -4.64. The van der Waals surface area contributed by atoms with E-state index in [0.717, 1.165) is 6.07 Å². The van der Waals surface area contributed by atoms with Crippen molar-refractivity contribution in [3.63, 3.8) is 0 Å². The number of hydrogen-bond acceptors (Lipinski definition) is 6. The SMILES string of the molecule is O=C(Nc1nccs1)c1cc2ccc(O)cc2oc1=Nc1ccccc1C(F)(F)F. The molecular weight excluding hydrogens is 419 g/mol. The number of thiazole rings is 1. The predicted octanol–water partition coefficient (Wildman–Crippen LogP) is 5.10. The molecule has 0 bridgehead atoms. The number of aromatic nitrogens is 1. The van der Waals surface area contributed by atoms with E-state index in [0.29, 0.717) is 10.5 Å². The van der Waals surface area contributed by atoms with Crippen LogP contribution in [-0.4, -0.2) is 16.0 Å². The van der Waals surface area contributed by atoms with E-state index in [1.807, 2.05) is 0 Å². The number of anilines is 1. The maximum absolute atomic E-state index is 13.4. The fourth-order valence-corrected chi connectivity index (χ4v) is 3.25. The van der Waals surface area contributed by atoms with Gasteiger partial charge in [0.1, 0.15) is 16.9 Å². The van der Waals surface area contributed by atoms with Crippen molar-refractivity contribution < 1.29 is 27.5 Å². The summed E-state index contributed by atoms with van der Waals surface area (Å²) in [6.45, 7) is 0. The first-order valence-electron chi connectivity index (χ1n) is 8.50. The Balaban J connectivity index is 1.93. The lowest BCUT2D eigenvalue weighted by Gasteiger charge is -2.10. The van der Waals surface area contributed by atoms with Crippen LogP contribution in [0.15, 0.2) is 69.5 Å². The van der Waals surface area contributed by atoms with Gasteiger partial charge in [-0.25, -0.2) is 9.98 Å². The summed E-state index contributed by atoms with van der Waals surface area (Å²) in [5.74, 6) is -0.750.